The standard InChI is InChI=1S/C14H24O6S/c1-5-6-8-18-11(15)7-9-21-13(17)20-10-19-12(16)14(2,3)4/h5-10H2,1-4H3. The van der Waals surface area contributed by atoms with Crippen LogP contribution >= 0.6 is 11.8 Å². The molecule has 0 aliphatic carbocycles. The Balaban J connectivity index is 3.63. The number of ether oxygens (including phenoxy) is 3. The van der Waals surface area contributed by atoms with Crippen LogP contribution in [0, 0.1) is 5.41 Å². The van der Waals surface area contributed by atoms with Crippen molar-refractivity contribution in [2.24, 2.45) is 5.41 Å². The second-order valence-corrected chi connectivity index (χ2v) is 6.40. The van der Waals surface area contributed by atoms with Gasteiger partial charge in [-0.3, -0.25) is 9.59 Å². The van der Waals surface area contributed by atoms with Crippen LogP contribution in [0.1, 0.15) is 47.0 Å². The quantitative estimate of drug-likeness (QED) is 0.386. The monoisotopic (exact) mass is 320 g/mol. The fourth-order valence-corrected chi connectivity index (χ4v) is 1.58. The number of esters is 2. The van der Waals surface area contributed by atoms with Crippen LogP contribution in [-0.2, 0) is 23.8 Å². The maximum Gasteiger partial charge on any atom is 0.370 e. The number of unbranched alkanes of at least 4 members (excludes halogenated alkanes) is 1. The van der Waals surface area contributed by atoms with Gasteiger partial charge in [-0.1, -0.05) is 13.3 Å². The summed E-state index contributed by atoms with van der Waals surface area (Å²) in [6.45, 7) is 7.12. The van der Waals surface area contributed by atoms with E-state index in [2.05, 4.69) is 0 Å². The molecule has 0 heterocycles. The van der Waals surface area contributed by atoms with E-state index in [1.807, 2.05) is 6.92 Å². The molecule has 0 atom stereocenters. The number of carbonyl (C=O) groups excluding carboxylic acids is 3. The summed E-state index contributed by atoms with van der Waals surface area (Å²) in [6, 6.07) is 0. The van der Waals surface area contributed by atoms with Crippen molar-refractivity contribution in [1.82, 2.24) is 0 Å². The molecule has 122 valence electrons. The second kappa shape index (κ2) is 10.5. The maximum atomic E-state index is 11.4. The third-order valence-corrected chi connectivity index (χ3v) is 3.03. The van der Waals surface area contributed by atoms with E-state index in [1.165, 1.54) is 0 Å². The molecule has 0 amide bonds. The number of thioether (sulfide) groups is 1. The van der Waals surface area contributed by atoms with E-state index in [-0.39, 0.29) is 18.1 Å². The summed E-state index contributed by atoms with van der Waals surface area (Å²) in [5, 5.41) is -0.585. The topological polar surface area (TPSA) is 78.9 Å². The zero-order chi connectivity index (χ0) is 16.3. The molecule has 6 nitrogen and oxygen atoms in total. The minimum atomic E-state index is -0.637. The minimum Gasteiger partial charge on any atom is -0.466 e. The predicted molar refractivity (Wildman–Crippen MR) is 79.8 cm³/mol. The molecule has 21 heavy (non-hydrogen) atoms. The normalized spacial score (nSPS) is 10.9. The molecule has 7 heteroatoms. The molecule has 0 radical (unpaired) electrons. The molecule has 0 bridgehead atoms. The van der Waals surface area contributed by atoms with Crippen LogP contribution in [0.15, 0.2) is 0 Å². The summed E-state index contributed by atoms with van der Waals surface area (Å²) in [7, 11) is 0. The summed E-state index contributed by atoms with van der Waals surface area (Å²) >= 11 is 0.850. The van der Waals surface area contributed by atoms with Gasteiger partial charge in [0.25, 0.3) is 0 Å². The van der Waals surface area contributed by atoms with Gasteiger partial charge in [0.15, 0.2) is 0 Å². The predicted octanol–water partition coefficient (Wildman–Crippen LogP) is 3.14. The van der Waals surface area contributed by atoms with Gasteiger partial charge in [-0.15, -0.1) is 0 Å². The van der Waals surface area contributed by atoms with Crippen molar-refractivity contribution in [3.63, 3.8) is 0 Å². The van der Waals surface area contributed by atoms with Crippen molar-refractivity contribution in [1.29, 1.82) is 0 Å². The van der Waals surface area contributed by atoms with Crippen LogP contribution in [0.25, 0.3) is 0 Å². The molecule has 0 fully saturated rings. The highest BCUT2D eigenvalue weighted by molar-refractivity contribution is 8.13. The molecule has 0 aromatic heterocycles. The van der Waals surface area contributed by atoms with Crippen LogP contribution in [0.3, 0.4) is 0 Å². The summed E-state index contributed by atoms with van der Waals surface area (Å²) in [6.07, 6.45) is 1.94. The Morgan fingerprint density at radius 1 is 1.05 bits per heavy atom. The van der Waals surface area contributed by atoms with Crippen LogP contribution < -0.4 is 0 Å². The Labute approximate surface area is 129 Å². The van der Waals surface area contributed by atoms with Gasteiger partial charge in [0.05, 0.1) is 18.4 Å². The van der Waals surface area contributed by atoms with E-state index in [4.69, 9.17) is 14.2 Å². The first kappa shape index (κ1) is 19.8. The largest absolute Gasteiger partial charge is 0.466 e. The first-order chi connectivity index (χ1) is 9.77. The Morgan fingerprint density at radius 2 is 1.71 bits per heavy atom. The van der Waals surface area contributed by atoms with Crippen LogP contribution in [0.2, 0.25) is 0 Å². The SMILES string of the molecule is CCCCOC(=O)CCSC(=O)OCOC(=O)C(C)(C)C. The fraction of sp³-hybridized carbons (Fsp3) is 0.786. The van der Waals surface area contributed by atoms with Gasteiger partial charge in [0.1, 0.15) is 0 Å². The number of carbonyl (C=O) groups is 3. The average molecular weight is 320 g/mol. The van der Waals surface area contributed by atoms with Gasteiger partial charge in [-0.25, -0.2) is 4.79 Å². The zero-order valence-corrected chi connectivity index (χ0v) is 13.9. The molecule has 0 spiro atoms. The van der Waals surface area contributed by atoms with Crippen LogP contribution in [0.4, 0.5) is 4.79 Å². The summed E-state index contributed by atoms with van der Waals surface area (Å²) < 4.78 is 14.4. The molecule has 0 aliphatic rings. The molecular weight excluding hydrogens is 296 g/mol. The van der Waals surface area contributed by atoms with E-state index in [0.29, 0.717) is 6.61 Å². The van der Waals surface area contributed by atoms with Gasteiger partial charge in [-0.05, 0) is 39.0 Å². The average Bonchev–Trinajstić information content (AvgIpc) is 2.37. The van der Waals surface area contributed by atoms with Crippen LogP contribution in [-0.4, -0.2) is 36.4 Å². The molecule has 0 N–H and O–H groups in total. The van der Waals surface area contributed by atoms with E-state index >= 15 is 0 Å². The zero-order valence-electron chi connectivity index (χ0n) is 13.1. The van der Waals surface area contributed by atoms with Crippen molar-refractivity contribution in [3.05, 3.63) is 0 Å². The van der Waals surface area contributed by atoms with E-state index in [1.54, 1.807) is 20.8 Å². The summed E-state index contributed by atoms with van der Waals surface area (Å²) in [5.74, 6) is -0.500. The van der Waals surface area contributed by atoms with Gasteiger partial charge in [-0.2, -0.15) is 0 Å². The second-order valence-electron chi connectivity index (χ2n) is 5.37. The summed E-state index contributed by atoms with van der Waals surface area (Å²) in [5.41, 5.74) is -0.637. The van der Waals surface area contributed by atoms with Gasteiger partial charge in [0.2, 0.25) is 6.79 Å². The summed E-state index contributed by atoms with van der Waals surface area (Å²) in [4.78, 5) is 34.0. The van der Waals surface area contributed by atoms with Crippen molar-refractivity contribution < 1.29 is 28.6 Å². The van der Waals surface area contributed by atoms with Crippen molar-refractivity contribution in [2.45, 2.75) is 47.0 Å². The molecule has 0 aromatic carbocycles. The molecule has 0 saturated carbocycles. The van der Waals surface area contributed by atoms with E-state index < -0.39 is 23.5 Å². The lowest BCUT2D eigenvalue weighted by molar-refractivity contribution is -0.160. The number of rotatable bonds is 8. The lowest BCUT2D eigenvalue weighted by Crippen LogP contribution is -2.24. The van der Waals surface area contributed by atoms with Gasteiger partial charge < -0.3 is 14.2 Å². The Kier molecular flexibility index (Phi) is 9.86. The third kappa shape index (κ3) is 11.1. The van der Waals surface area contributed by atoms with Crippen molar-refractivity contribution >= 4 is 29.0 Å². The number of hydrogen-bond donors (Lipinski definition) is 0. The van der Waals surface area contributed by atoms with E-state index in [9.17, 15) is 14.4 Å². The Morgan fingerprint density at radius 3 is 2.29 bits per heavy atom. The van der Waals surface area contributed by atoms with Crippen molar-refractivity contribution in [2.75, 3.05) is 19.2 Å². The highest BCUT2D eigenvalue weighted by Gasteiger charge is 2.23. The van der Waals surface area contributed by atoms with Crippen molar-refractivity contribution in [3.8, 4) is 0 Å². The van der Waals surface area contributed by atoms with Crippen LogP contribution in [0.5, 0.6) is 0 Å². The first-order valence-corrected chi connectivity index (χ1v) is 7.88. The van der Waals surface area contributed by atoms with Gasteiger partial charge in [0, 0.05) is 5.75 Å². The van der Waals surface area contributed by atoms with E-state index in [0.717, 1.165) is 24.6 Å². The molecule has 0 unspecified atom stereocenters. The lowest BCUT2D eigenvalue weighted by Gasteiger charge is -2.16. The molecule has 0 aliphatic heterocycles. The minimum absolute atomic E-state index is 0.144. The Hall–Kier alpha value is -1.24. The number of hydrogen-bond acceptors (Lipinski definition) is 7. The smallest absolute Gasteiger partial charge is 0.370 e. The van der Waals surface area contributed by atoms with Gasteiger partial charge >= 0.3 is 17.2 Å². The highest BCUT2D eigenvalue weighted by atomic mass is 32.2. The maximum absolute atomic E-state index is 11.4. The third-order valence-electron chi connectivity index (χ3n) is 2.27. The first-order valence-electron chi connectivity index (χ1n) is 6.89. The molecular formula is C14H24O6S. The fourth-order valence-electron chi connectivity index (χ4n) is 1.01. The molecule has 0 rings (SSSR count). The highest BCUT2D eigenvalue weighted by Crippen LogP contribution is 2.15. The molecule has 0 aromatic rings. The molecule has 0 saturated heterocycles. The Bertz CT molecular complexity index is 348. The lowest BCUT2D eigenvalue weighted by atomic mass is 9.98.